The minimum absolute atomic E-state index is 0.0318. The number of carboxylic acids is 1. The topological polar surface area (TPSA) is 92.4 Å². The third kappa shape index (κ3) is 2.61. The van der Waals surface area contributed by atoms with Crippen molar-refractivity contribution in [1.82, 2.24) is 5.32 Å². The molecule has 0 aromatic carbocycles. The van der Waals surface area contributed by atoms with E-state index in [9.17, 15) is 9.59 Å². The molecule has 0 radical (unpaired) electrons. The van der Waals surface area contributed by atoms with Crippen LogP contribution >= 0.6 is 0 Å². The molecule has 74 valence electrons. The number of hydrogen-bond acceptors (Lipinski definition) is 2. The van der Waals surface area contributed by atoms with Crippen LogP contribution in [0.2, 0.25) is 0 Å². The molecule has 4 N–H and O–H groups in total. The fourth-order valence-corrected chi connectivity index (χ4v) is 1.95. The first kappa shape index (κ1) is 9.83. The summed E-state index contributed by atoms with van der Waals surface area (Å²) in [6.45, 7) is 0. The van der Waals surface area contributed by atoms with Gasteiger partial charge in [0.15, 0.2) is 0 Å². The largest absolute Gasteiger partial charge is 0.481 e. The molecule has 0 heterocycles. The zero-order valence-electron chi connectivity index (χ0n) is 7.38. The lowest BCUT2D eigenvalue weighted by molar-refractivity contribution is -0.138. The maximum atomic E-state index is 10.7. The van der Waals surface area contributed by atoms with Gasteiger partial charge in [-0.15, -0.1) is 0 Å². The first-order chi connectivity index (χ1) is 6.04. The van der Waals surface area contributed by atoms with Gasteiger partial charge in [0.05, 0.1) is 12.0 Å². The van der Waals surface area contributed by atoms with Gasteiger partial charge in [-0.3, -0.25) is 4.79 Å². The Hall–Kier alpha value is -1.26. The quantitative estimate of drug-likeness (QED) is 0.597. The monoisotopic (exact) mass is 186 g/mol. The summed E-state index contributed by atoms with van der Waals surface area (Å²) in [5, 5.41) is 11.2. The minimum atomic E-state index is -0.893. The molecule has 0 spiro atoms. The normalized spacial score (nSPS) is 19.7. The summed E-state index contributed by atoms with van der Waals surface area (Å²) in [5.74, 6) is -0.893. The second kappa shape index (κ2) is 3.64. The summed E-state index contributed by atoms with van der Waals surface area (Å²) in [6, 6.07) is -0.636. The lowest BCUT2D eigenvalue weighted by Gasteiger charge is -2.27. The van der Waals surface area contributed by atoms with Crippen LogP contribution < -0.4 is 11.1 Å². The van der Waals surface area contributed by atoms with Crippen molar-refractivity contribution in [2.45, 2.75) is 37.6 Å². The summed E-state index contributed by atoms with van der Waals surface area (Å²) >= 11 is 0. The number of carboxylic acid groups (broad SMARTS) is 1. The summed E-state index contributed by atoms with van der Waals surface area (Å²) in [6.07, 6.45) is 3.29. The van der Waals surface area contributed by atoms with Crippen LogP contribution in [0.15, 0.2) is 0 Å². The number of aliphatic carboxylic acids is 1. The van der Waals surface area contributed by atoms with Crippen molar-refractivity contribution in [3.05, 3.63) is 0 Å². The summed E-state index contributed by atoms with van der Waals surface area (Å²) in [4.78, 5) is 21.2. The van der Waals surface area contributed by atoms with Crippen molar-refractivity contribution in [3.8, 4) is 0 Å². The van der Waals surface area contributed by atoms with Gasteiger partial charge < -0.3 is 16.2 Å². The van der Waals surface area contributed by atoms with Gasteiger partial charge in [0.25, 0.3) is 0 Å². The zero-order valence-corrected chi connectivity index (χ0v) is 7.38. The minimum Gasteiger partial charge on any atom is -0.481 e. The maximum absolute atomic E-state index is 10.7. The van der Waals surface area contributed by atoms with E-state index in [-0.39, 0.29) is 6.42 Å². The molecule has 5 nitrogen and oxygen atoms in total. The molecule has 1 aliphatic carbocycles. The molecule has 0 saturated heterocycles. The third-order valence-corrected chi connectivity index (χ3v) is 2.44. The molecule has 1 rings (SSSR count). The zero-order chi connectivity index (χ0) is 9.90. The molecule has 0 unspecified atom stereocenters. The summed E-state index contributed by atoms with van der Waals surface area (Å²) < 4.78 is 0. The highest BCUT2D eigenvalue weighted by Gasteiger charge is 2.36. The molecule has 0 aromatic rings. The van der Waals surface area contributed by atoms with E-state index < -0.39 is 17.5 Å². The third-order valence-electron chi connectivity index (χ3n) is 2.44. The smallest absolute Gasteiger partial charge is 0.312 e. The van der Waals surface area contributed by atoms with Crippen LogP contribution in [0.5, 0.6) is 0 Å². The second-order valence-corrected chi connectivity index (χ2v) is 3.55. The predicted octanol–water partition coefficient (Wildman–Crippen LogP) is 0.442. The fourth-order valence-electron chi connectivity index (χ4n) is 1.95. The second-order valence-electron chi connectivity index (χ2n) is 3.55. The van der Waals surface area contributed by atoms with E-state index in [1.807, 2.05) is 0 Å². The highest BCUT2D eigenvalue weighted by molar-refractivity contribution is 5.75. The van der Waals surface area contributed by atoms with E-state index in [4.69, 9.17) is 10.8 Å². The van der Waals surface area contributed by atoms with Gasteiger partial charge in [0, 0.05) is 0 Å². The number of nitrogens with one attached hydrogen (secondary N) is 1. The molecule has 13 heavy (non-hydrogen) atoms. The van der Waals surface area contributed by atoms with Crippen LogP contribution in [0.3, 0.4) is 0 Å². The number of carbonyl (C=O) groups excluding carboxylic acids is 1. The first-order valence-electron chi connectivity index (χ1n) is 4.33. The van der Waals surface area contributed by atoms with E-state index in [1.54, 1.807) is 0 Å². The van der Waals surface area contributed by atoms with Crippen molar-refractivity contribution in [3.63, 3.8) is 0 Å². The van der Waals surface area contributed by atoms with Crippen molar-refractivity contribution < 1.29 is 14.7 Å². The molecule has 1 fully saturated rings. The lowest BCUT2D eigenvalue weighted by Crippen LogP contribution is -2.49. The SMILES string of the molecule is NC(=O)NC1(CC(=O)O)CCCC1. The van der Waals surface area contributed by atoms with E-state index in [2.05, 4.69) is 5.32 Å². The Bertz CT molecular complexity index is 203. The Morgan fingerprint density at radius 1 is 1.38 bits per heavy atom. The number of urea groups is 1. The van der Waals surface area contributed by atoms with E-state index in [0.29, 0.717) is 12.8 Å². The van der Waals surface area contributed by atoms with Crippen LogP contribution in [0, 0.1) is 0 Å². The van der Waals surface area contributed by atoms with Gasteiger partial charge in [-0.05, 0) is 12.8 Å². The fraction of sp³-hybridized carbons (Fsp3) is 0.750. The molecular formula is C8H14N2O3. The molecule has 1 aliphatic rings. The summed E-state index contributed by atoms with van der Waals surface area (Å²) in [7, 11) is 0. The Kier molecular flexibility index (Phi) is 2.75. The maximum Gasteiger partial charge on any atom is 0.312 e. The Morgan fingerprint density at radius 2 is 1.92 bits per heavy atom. The van der Waals surface area contributed by atoms with Crippen LogP contribution in [0.1, 0.15) is 32.1 Å². The average molecular weight is 186 g/mol. The highest BCUT2D eigenvalue weighted by Crippen LogP contribution is 2.32. The van der Waals surface area contributed by atoms with Crippen LogP contribution in [-0.4, -0.2) is 22.6 Å². The number of carbonyl (C=O) groups is 2. The standard InChI is InChI=1S/C8H14N2O3/c9-7(13)10-8(5-6(11)12)3-1-2-4-8/h1-5H2,(H,11,12)(H3,9,10,13). The van der Waals surface area contributed by atoms with Gasteiger partial charge in [-0.2, -0.15) is 0 Å². The molecule has 2 amide bonds. The van der Waals surface area contributed by atoms with Crippen LogP contribution in [0.4, 0.5) is 4.79 Å². The number of amides is 2. The molecule has 0 bridgehead atoms. The van der Waals surface area contributed by atoms with Crippen molar-refractivity contribution in [2.24, 2.45) is 5.73 Å². The van der Waals surface area contributed by atoms with E-state index in [0.717, 1.165) is 12.8 Å². The Morgan fingerprint density at radius 3 is 2.31 bits per heavy atom. The molecule has 1 saturated carbocycles. The van der Waals surface area contributed by atoms with Crippen LogP contribution in [-0.2, 0) is 4.79 Å². The van der Waals surface area contributed by atoms with Gasteiger partial charge in [0.1, 0.15) is 0 Å². The van der Waals surface area contributed by atoms with Crippen molar-refractivity contribution in [2.75, 3.05) is 0 Å². The molecule has 5 heteroatoms. The summed E-state index contributed by atoms with van der Waals surface area (Å²) in [5.41, 5.74) is 4.40. The molecular weight excluding hydrogens is 172 g/mol. The van der Waals surface area contributed by atoms with Crippen LogP contribution in [0.25, 0.3) is 0 Å². The van der Waals surface area contributed by atoms with Gasteiger partial charge in [0.2, 0.25) is 0 Å². The Balaban J connectivity index is 2.62. The van der Waals surface area contributed by atoms with Crippen molar-refractivity contribution in [1.29, 1.82) is 0 Å². The highest BCUT2D eigenvalue weighted by atomic mass is 16.4. The number of primary amides is 1. The predicted molar refractivity (Wildman–Crippen MR) is 46.2 cm³/mol. The van der Waals surface area contributed by atoms with E-state index in [1.165, 1.54) is 0 Å². The molecule has 0 aliphatic heterocycles. The number of nitrogens with two attached hydrogens (primary N) is 1. The number of rotatable bonds is 3. The van der Waals surface area contributed by atoms with Gasteiger partial charge in [-0.25, -0.2) is 4.79 Å². The molecule has 0 aromatic heterocycles. The van der Waals surface area contributed by atoms with Gasteiger partial charge in [-0.1, -0.05) is 12.8 Å². The first-order valence-corrected chi connectivity index (χ1v) is 4.33. The Labute approximate surface area is 76.3 Å². The van der Waals surface area contributed by atoms with Crippen molar-refractivity contribution >= 4 is 12.0 Å². The van der Waals surface area contributed by atoms with E-state index >= 15 is 0 Å². The number of hydrogen-bond donors (Lipinski definition) is 3. The molecule has 0 atom stereocenters. The van der Waals surface area contributed by atoms with Gasteiger partial charge >= 0.3 is 12.0 Å². The lowest BCUT2D eigenvalue weighted by atomic mass is 9.93. The average Bonchev–Trinajstić information content (AvgIpc) is 2.33.